The fraction of sp³-hybridized carbons (Fsp3) is 0.152. The van der Waals surface area contributed by atoms with Crippen molar-refractivity contribution >= 4 is 10.8 Å². The lowest BCUT2D eigenvalue weighted by molar-refractivity contribution is 0.726. The molecule has 0 radical (unpaired) electrons. The largest absolute Gasteiger partial charge is 0.0620 e. The molecular formula is C33H28. The molecule has 0 aromatic heterocycles. The molecule has 0 saturated carbocycles. The molecule has 0 aliphatic heterocycles. The highest BCUT2D eigenvalue weighted by Crippen LogP contribution is 2.41. The van der Waals surface area contributed by atoms with Crippen molar-refractivity contribution in [3.8, 4) is 22.3 Å². The van der Waals surface area contributed by atoms with Gasteiger partial charge in [-0.15, -0.1) is 0 Å². The Balaban J connectivity index is 1.35. The van der Waals surface area contributed by atoms with Gasteiger partial charge in [-0.05, 0) is 80.6 Å². The molecule has 0 heterocycles. The summed E-state index contributed by atoms with van der Waals surface area (Å²) in [7, 11) is 0. The molecule has 0 saturated heterocycles. The van der Waals surface area contributed by atoms with Gasteiger partial charge in [-0.1, -0.05) is 110 Å². The van der Waals surface area contributed by atoms with Crippen LogP contribution in [0, 0.1) is 0 Å². The van der Waals surface area contributed by atoms with Gasteiger partial charge in [-0.2, -0.15) is 0 Å². The van der Waals surface area contributed by atoms with E-state index in [1.165, 1.54) is 55.3 Å². The van der Waals surface area contributed by atoms with Crippen molar-refractivity contribution < 1.29 is 0 Å². The van der Waals surface area contributed by atoms with Crippen LogP contribution in [0.25, 0.3) is 33.0 Å². The number of fused-ring (bicyclic) bond motifs is 4. The monoisotopic (exact) mass is 424 g/mol. The third-order valence-electron chi connectivity index (χ3n) is 7.31. The van der Waals surface area contributed by atoms with E-state index < -0.39 is 0 Å². The normalized spacial score (nSPS) is 15.0. The van der Waals surface area contributed by atoms with Crippen molar-refractivity contribution in [3.05, 3.63) is 131 Å². The molecular weight excluding hydrogens is 396 g/mol. The molecule has 0 spiro atoms. The summed E-state index contributed by atoms with van der Waals surface area (Å²) in [4.78, 5) is 0. The maximum atomic E-state index is 2.34. The summed E-state index contributed by atoms with van der Waals surface area (Å²) >= 11 is 0. The Morgan fingerprint density at radius 1 is 0.636 bits per heavy atom. The molecule has 5 aromatic rings. The third-order valence-corrected chi connectivity index (χ3v) is 7.31. The first-order valence-electron chi connectivity index (χ1n) is 12.1. The first-order chi connectivity index (χ1) is 16.3. The number of benzene rings is 5. The van der Waals surface area contributed by atoms with Crippen LogP contribution in [0.4, 0.5) is 0 Å². The molecule has 0 fully saturated rings. The Bertz CT molecular complexity index is 1440. The minimum absolute atomic E-state index is 0.423. The van der Waals surface area contributed by atoms with Crippen LogP contribution in [0.1, 0.15) is 41.5 Å². The fourth-order valence-corrected chi connectivity index (χ4v) is 5.45. The summed E-state index contributed by atoms with van der Waals surface area (Å²) in [5.41, 5.74) is 11.1. The summed E-state index contributed by atoms with van der Waals surface area (Å²) in [5.74, 6) is 0.423. The van der Waals surface area contributed by atoms with E-state index in [0.29, 0.717) is 5.92 Å². The maximum absolute atomic E-state index is 2.34. The van der Waals surface area contributed by atoms with Gasteiger partial charge < -0.3 is 0 Å². The lowest BCUT2D eigenvalue weighted by atomic mass is 9.85. The number of hydrogen-bond acceptors (Lipinski definition) is 0. The standard InChI is InChI=1S/C33H28/c1-2-23-11-12-29-22-28(18-17-27(29)21-23)24-13-15-26(16-14-24)31-20-19-25-7-3-4-8-30(25)32-9-5-6-10-33(31)32/h3-18,21-22,31H,2,19-20H2,1H3. The Kier molecular flexibility index (Phi) is 5.07. The van der Waals surface area contributed by atoms with Crippen LogP contribution in [0.3, 0.4) is 0 Å². The molecule has 1 unspecified atom stereocenters. The summed E-state index contributed by atoms with van der Waals surface area (Å²) in [6.07, 6.45) is 3.33. The van der Waals surface area contributed by atoms with E-state index in [-0.39, 0.29) is 0 Å². The van der Waals surface area contributed by atoms with Gasteiger partial charge in [0.25, 0.3) is 0 Å². The van der Waals surface area contributed by atoms with Crippen LogP contribution < -0.4 is 0 Å². The molecule has 1 aliphatic carbocycles. The summed E-state index contributed by atoms with van der Waals surface area (Å²) in [6, 6.07) is 40.8. The minimum atomic E-state index is 0.423. The molecule has 0 amide bonds. The predicted octanol–water partition coefficient (Wildman–Crippen LogP) is 8.81. The second kappa shape index (κ2) is 8.37. The quantitative estimate of drug-likeness (QED) is 0.271. The number of rotatable bonds is 3. The highest BCUT2D eigenvalue weighted by Gasteiger charge is 2.23. The Labute approximate surface area is 196 Å². The predicted molar refractivity (Wildman–Crippen MR) is 141 cm³/mol. The summed E-state index contributed by atoms with van der Waals surface area (Å²) in [5, 5.41) is 2.63. The van der Waals surface area contributed by atoms with Crippen LogP contribution in [-0.2, 0) is 12.8 Å². The average molecular weight is 425 g/mol. The van der Waals surface area contributed by atoms with E-state index >= 15 is 0 Å². The van der Waals surface area contributed by atoms with Gasteiger partial charge in [0, 0.05) is 5.92 Å². The van der Waals surface area contributed by atoms with Crippen molar-refractivity contribution in [1.82, 2.24) is 0 Å². The lowest BCUT2D eigenvalue weighted by Gasteiger charge is -2.19. The molecule has 0 bridgehead atoms. The molecule has 160 valence electrons. The van der Waals surface area contributed by atoms with Gasteiger partial charge in [-0.25, -0.2) is 0 Å². The van der Waals surface area contributed by atoms with Gasteiger partial charge in [0.1, 0.15) is 0 Å². The Morgan fingerprint density at radius 2 is 1.33 bits per heavy atom. The van der Waals surface area contributed by atoms with Crippen molar-refractivity contribution in [2.45, 2.75) is 32.1 Å². The smallest absolute Gasteiger partial charge is 0.00986 e. The van der Waals surface area contributed by atoms with Gasteiger partial charge >= 0.3 is 0 Å². The molecule has 5 aromatic carbocycles. The topological polar surface area (TPSA) is 0 Å². The Hall–Kier alpha value is -3.64. The average Bonchev–Trinajstić information content (AvgIpc) is 3.05. The molecule has 1 atom stereocenters. The van der Waals surface area contributed by atoms with E-state index in [9.17, 15) is 0 Å². The Morgan fingerprint density at radius 3 is 2.18 bits per heavy atom. The second-order valence-electron chi connectivity index (χ2n) is 9.21. The van der Waals surface area contributed by atoms with E-state index in [2.05, 4.69) is 116 Å². The fourth-order valence-electron chi connectivity index (χ4n) is 5.45. The van der Waals surface area contributed by atoms with Gasteiger partial charge in [0.05, 0.1) is 0 Å². The number of hydrogen-bond donors (Lipinski definition) is 0. The zero-order chi connectivity index (χ0) is 22.2. The van der Waals surface area contributed by atoms with Crippen molar-refractivity contribution in [2.24, 2.45) is 0 Å². The first-order valence-corrected chi connectivity index (χ1v) is 12.1. The van der Waals surface area contributed by atoms with E-state index in [4.69, 9.17) is 0 Å². The zero-order valence-corrected chi connectivity index (χ0v) is 19.1. The van der Waals surface area contributed by atoms with Gasteiger partial charge in [-0.3, -0.25) is 0 Å². The second-order valence-corrected chi connectivity index (χ2v) is 9.21. The molecule has 6 rings (SSSR count). The SMILES string of the molecule is CCc1ccc2cc(-c3ccc(C4CCc5ccccc5-c5ccccc54)cc3)ccc2c1. The molecule has 33 heavy (non-hydrogen) atoms. The maximum Gasteiger partial charge on any atom is 0.00986 e. The highest BCUT2D eigenvalue weighted by atomic mass is 14.3. The molecule has 0 heteroatoms. The van der Waals surface area contributed by atoms with Crippen LogP contribution in [0.5, 0.6) is 0 Å². The number of aryl methyl sites for hydroxylation is 2. The van der Waals surface area contributed by atoms with E-state index in [0.717, 1.165) is 19.3 Å². The third kappa shape index (κ3) is 3.66. The lowest BCUT2D eigenvalue weighted by Crippen LogP contribution is -2.02. The van der Waals surface area contributed by atoms with Crippen molar-refractivity contribution in [1.29, 1.82) is 0 Å². The van der Waals surface area contributed by atoms with Crippen LogP contribution >= 0.6 is 0 Å². The van der Waals surface area contributed by atoms with Gasteiger partial charge in [0.2, 0.25) is 0 Å². The summed E-state index contributed by atoms with van der Waals surface area (Å²) in [6.45, 7) is 2.21. The van der Waals surface area contributed by atoms with E-state index in [1.807, 2.05) is 0 Å². The van der Waals surface area contributed by atoms with Crippen LogP contribution in [0.15, 0.2) is 109 Å². The van der Waals surface area contributed by atoms with E-state index in [1.54, 1.807) is 0 Å². The van der Waals surface area contributed by atoms with Crippen LogP contribution in [-0.4, -0.2) is 0 Å². The zero-order valence-electron chi connectivity index (χ0n) is 19.1. The van der Waals surface area contributed by atoms with Gasteiger partial charge in [0.15, 0.2) is 0 Å². The van der Waals surface area contributed by atoms with Crippen LogP contribution in [0.2, 0.25) is 0 Å². The van der Waals surface area contributed by atoms with Crippen molar-refractivity contribution in [2.75, 3.05) is 0 Å². The van der Waals surface area contributed by atoms with Crippen molar-refractivity contribution in [3.63, 3.8) is 0 Å². The minimum Gasteiger partial charge on any atom is -0.0620 e. The first kappa shape index (κ1) is 20.0. The molecule has 0 nitrogen and oxygen atoms in total. The highest BCUT2D eigenvalue weighted by molar-refractivity contribution is 5.88. The molecule has 0 N–H and O–H groups in total. The molecule has 1 aliphatic rings. The summed E-state index contributed by atoms with van der Waals surface area (Å²) < 4.78 is 0.